The molecule has 0 aliphatic heterocycles. The monoisotopic (exact) mass is 326 g/mol. The first-order valence-electron chi connectivity index (χ1n) is 4.90. The Bertz CT molecular complexity index is 332. The highest BCUT2D eigenvalue weighted by molar-refractivity contribution is 9.11. The summed E-state index contributed by atoms with van der Waals surface area (Å²) in [5.41, 5.74) is 0. The third-order valence-electron chi connectivity index (χ3n) is 1.92. The third-order valence-corrected chi connectivity index (χ3v) is 3.54. The SMILES string of the molecule is CCN[C@H](C)CNC(=O)c1ccc(Br)s1.Cl. The minimum Gasteiger partial charge on any atom is -0.350 e. The van der Waals surface area contributed by atoms with Crippen molar-refractivity contribution >= 4 is 45.6 Å². The summed E-state index contributed by atoms with van der Waals surface area (Å²) in [4.78, 5) is 12.4. The van der Waals surface area contributed by atoms with Crippen molar-refractivity contribution in [1.82, 2.24) is 10.6 Å². The third kappa shape index (κ3) is 5.30. The lowest BCUT2D eigenvalue weighted by Crippen LogP contribution is -2.38. The van der Waals surface area contributed by atoms with Crippen LogP contribution in [0.1, 0.15) is 23.5 Å². The first-order chi connectivity index (χ1) is 7.13. The number of hydrogen-bond acceptors (Lipinski definition) is 3. The van der Waals surface area contributed by atoms with Crippen molar-refractivity contribution in [2.45, 2.75) is 19.9 Å². The van der Waals surface area contributed by atoms with Gasteiger partial charge in [0.25, 0.3) is 5.91 Å². The van der Waals surface area contributed by atoms with Gasteiger partial charge in [0.05, 0.1) is 8.66 Å². The molecule has 1 aromatic rings. The number of nitrogens with one attached hydrogen (secondary N) is 2. The molecule has 1 atom stereocenters. The summed E-state index contributed by atoms with van der Waals surface area (Å²) < 4.78 is 0.979. The van der Waals surface area contributed by atoms with Crippen LogP contribution in [0.4, 0.5) is 0 Å². The van der Waals surface area contributed by atoms with Gasteiger partial charge in [0.1, 0.15) is 0 Å². The minimum atomic E-state index is -0.00421. The molecule has 0 unspecified atom stereocenters. The molecule has 0 spiro atoms. The molecule has 1 heterocycles. The number of carbonyl (C=O) groups is 1. The Hall–Kier alpha value is -0.100. The molecule has 0 bridgehead atoms. The fourth-order valence-electron chi connectivity index (χ4n) is 1.19. The molecule has 92 valence electrons. The van der Waals surface area contributed by atoms with Crippen LogP contribution in [0, 0.1) is 0 Å². The maximum absolute atomic E-state index is 11.6. The smallest absolute Gasteiger partial charge is 0.261 e. The van der Waals surface area contributed by atoms with E-state index in [9.17, 15) is 4.79 Å². The molecule has 0 aliphatic carbocycles. The molecule has 1 aromatic heterocycles. The second-order valence-electron chi connectivity index (χ2n) is 3.27. The Morgan fingerprint density at radius 3 is 2.75 bits per heavy atom. The zero-order chi connectivity index (χ0) is 11.3. The van der Waals surface area contributed by atoms with Crippen LogP contribution in [-0.4, -0.2) is 25.0 Å². The summed E-state index contributed by atoms with van der Waals surface area (Å²) in [7, 11) is 0. The van der Waals surface area contributed by atoms with Gasteiger partial charge in [-0.3, -0.25) is 4.79 Å². The van der Waals surface area contributed by atoms with E-state index in [1.165, 1.54) is 11.3 Å². The van der Waals surface area contributed by atoms with Gasteiger partial charge < -0.3 is 10.6 Å². The highest BCUT2D eigenvalue weighted by atomic mass is 79.9. The van der Waals surface area contributed by atoms with E-state index < -0.39 is 0 Å². The zero-order valence-electron chi connectivity index (χ0n) is 9.25. The van der Waals surface area contributed by atoms with Crippen LogP contribution in [0.15, 0.2) is 15.9 Å². The van der Waals surface area contributed by atoms with Crippen LogP contribution >= 0.6 is 39.7 Å². The quantitative estimate of drug-likeness (QED) is 0.873. The van der Waals surface area contributed by atoms with Crippen LogP contribution in [0.25, 0.3) is 0 Å². The van der Waals surface area contributed by atoms with Crippen molar-refractivity contribution in [3.63, 3.8) is 0 Å². The van der Waals surface area contributed by atoms with Crippen LogP contribution in [0.5, 0.6) is 0 Å². The molecular weight excluding hydrogens is 312 g/mol. The molecule has 0 saturated carbocycles. The number of carbonyl (C=O) groups excluding carboxylic acids is 1. The average Bonchev–Trinajstić information content (AvgIpc) is 2.62. The van der Waals surface area contributed by atoms with Gasteiger partial charge in [0.15, 0.2) is 0 Å². The fourth-order valence-corrected chi connectivity index (χ4v) is 2.49. The van der Waals surface area contributed by atoms with E-state index in [0.29, 0.717) is 12.6 Å². The van der Waals surface area contributed by atoms with E-state index in [2.05, 4.69) is 33.5 Å². The molecule has 6 heteroatoms. The van der Waals surface area contributed by atoms with E-state index in [4.69, 9.17) is 0 Å². The van der Waals surface area contributed by atoms with Crippen molar-refractivity contribution in [3.8, 4) is 0 Å². The predicted octanol–water partition coefficient (Wildman–Crippen LogP) is 2.66. The summed E-state index contributed by atoms with van der Waals surface area (Å²) in [5.74, 6) is -0.00421. The van der Waals surface area contributed by atoms with E-state index >= 15 is 0 Å². The molecule has 0 saturated heterocycles. The van der Waals surface area contributed by atoms with Gasteiger partial charge >= 0.3 is 0 Å². The summed E-state index contributed by atoms with van der Waals surface area (Å²) in [6.45, 7) is 5.67. The molecule has 1 rings (SSSR count). The predicted molar refractivity (Wildman–Crippen MR) is 74.7 cm³/mol. The Balaban J connectivity index is 0.00000225. The van der Waals surface area contributed by atoms with Crippen LogP contribution in [-0.2, 0) is 0 Å². The van der Waals surface area contributed by atoms with Gasteiger partial charge in [-0.2, -0.15) is 0 Å². The normalized spacial score (nSPS) is 11.7. The molecule has 3 nitrogen and oxygen atoms in total. The van der Waals surface area contributed by atoms with Crippen molar-refractivity contribution < 1.29 is 4.79 Å². The second kappa shape index (κ2) is 8.06. The lowest BCUT2D eigenvalue weighted by atomic mass is 10.3. The summed E-state index contributed by atoms with van der Waals surface area (Å²) >= 11 is 4.78. The van der Waals surface area contributed by atoms with E-state index in [-0.39, 0.29) is 18.3 Å². The summed E-state index contributed by atoms with van der Waals surface area (Å²) in [6, 6.07) is 4.01. The summed E-state index contributed by atoms with van der Waals surface area (Å²) in [6.07, 6.45) is 0. The lowest BCUT2D eigenvalue weighted by molar-refractivity contribution is 0.0954. The van der Waals surface area contributed by atoms with Crippen molar-refractivity contribution in [2.75, 3.05) is 13.1 Å². The van der Waals surface area contributed by atoms with Crippen LogP contribution in [0.2, 0.25) is 0 Å². The average molecular weight is 328 g/mol. The first kappa shape index (κ1) is 15.9. The molecule has 0 aliphatic rings. The van der Waals surface area contributed by atoms with Gasteiger partial charge in [0, 0.05) is 12.6 Å². The van der Waals surface area contributed by atoms with Crippen molar-refractivity contribution in [2.24, 2.45) is 0 Å². The maximum Gasteiger partial charge on any atom is 0.261 e. The Kier molecular flexibility index (Phi) is 8.01. The van der Waals surface area contributed by atoms with Crippen molar-refractivity contribution in [1.29, 1.82) is 0 Å². The number of hydrogen-bond donors (Lipinski definition) is 2. The number of likely N-dealkylation sites (N-methyl/N-ethyl adjacent to an activating group) is 1. The van der Waals surface area contributed by atoms with E-state index in [1.807, 2.05) is 19.1 Å². The number of rotatable bonds is 5. The van der Waals surface area contributed by atoms with Crippen LogP contribution in [0.3, 0.4) is 0 Å². The van der Waals surface area contributed by atoms with Crippen molar-refractivity contribution in [3.05, 3.63) is 20.8 Å². The van der Waals surface area contributed by atoms with E-state index in [1.54, 1.807) is 0 Å². The highest BCUT2D eigenvalue weighted by Crippen LogP contribution is 2.21. The molecule has 0 fully saturated rings. The molecule has 1 amide bonds. The van der Waals surface area contributed by atoms with Gasteiger partial charge in [-0.05, 0) is 41.5 Å². The Morgan fingerprint density at radius 1 is 1.56 bits per heavy atom. The Labute approximate surface area is 115 Å². The zero-order valence-corrected chi connectivity index (χ0v) is 12.5. The molecule has 0 aromatic carbocycles. The fraction of sp³-hybridized carbons (Fsp3) is 0.500. The van der Waals surface area contributed by atoms with Gasteiger partial charge in [-0.15, -0.1) is 23.7 Å². The second-order valence-corrected chi connectivity index (χ2v) is 5.74. The maximum atomic E-state index is 11.6. The standard InChI is InChI=1S/C10H15BrN2OS.ClH/c1-3-12-7(2)6-13-10(14)8-4-5-9(11)15-8;/h4-5,7,12H,3,6H2,1-2H3,(H,13,14);1H/t7-;/m1./s1. The molecule has 16 heavy (non-hydrogen) atoms. The van der Waals surface area contributed by atoms with Gasteiger partial charge in [-0.25, -0.2) is 0 Å². The molecule has 0 radical (unpaired) electrons. The Morgan fingerprint density at radius 2 is 2.25 bits per heavy atom. The first-order valence-corrected chi connectivity index (χ1v) is 6.51. The number of halogens is 2. The van der Waals surface area contributed by atoms with E-state index in [0.717, 1.165) is 15.2 Å². The lowest BCUT2D eigenvalue weighted by Gasteiger charge is -2.12. The minimum absolute atomic E-state index is 0. The largest absolute Gasteiger partial charge is 0.350 e. The molecular formula is C10H16BrClN2OS. The molecule has 2 N–H and O–H groups in total. The van der Waals surface area contributed by atoms with Gasteiger partial charge in [-0.1, -0.05) is 6.92 Å². The highest BCUT2D eigenvalue weighted by Gasteiger charge is 2.08. The van der Waals surface area contributed by atoms with Crippen LogP contribution < -0.4 is 10.6 Å². The number of amides is 1. The summed E-state index contributed by atoms with van der Waals surface area (Å²) in [5, 5.41) is 6.12. The number of thiophene rings is 1. The van der Waals surface area contributed by atoms with Gasteiger partial charge in [0.2, 0.25) is 0 Å². The topological polar surface area (TPSA) is 41.1 Å².